The van der Waals surface area contributed by atoms with Gasteiger partial charge < -0.3 is 14.8 Å². The van der Waals surface area contributed by atoms with Gasteiger partial charge in [-0.2, -0.15) is 0 Å². The Morgan fingerprint density at radius 2 is 2.14 bits per heavy atom. The first-order valence-corrected chi connectivity index (χ1v) is 10.1. The van der Waals surface area contributed by atoms with Gasteiger partial charge in [0.1, 0.15) is 0 Å². The molecule has 1 aliphatic rings. The molecule has 0 fully saturated rings. The van der Waals surface area contributed by atoms with Crippen molar-refractivity contribution < 1.29 is 9.47 Å². The van der Waals surface area contributed by atoms with Crippen LogP contribution in [0.1, 0.15) is 19.4 Å². The number of hydrogen-bond acceptors (Lipinski definition) is 6. The van der Waals surface area contributed by atoms with Gasteiger partial charge in [-0.1, -0.05) is 23.7 Å². The fourth-order valence-corrected chi connectivity index (χ4v) is 4.37. The topological polar surface area (TPSA) is 60.7 Å². The average Bonchev–Trinajstić information content (AvgIpc) is 3.31. The molecule has 6 nitrogen and oxygen atoms in total. The standard InChI is InChI=1S/C20H17ClN4O2S/c1-20(2)26-15-11-28-17(16(15)27-20)14-10-24-19-18(22-6-7-25(14)19)23-9-12-4-3-5-13(21)8-12/h3-8,10-11H,9H2,1-2H3,(H,22,23). The zero-order chi connectivity index (χ0) is 19.3. The fraction of sp³-hybridized carbons (Fsp3) is 0.200. The second-order valence-corrected chi connectivity index (χ2v) is 8.27. The summed E-state index contributed by atoms with van der Waals surface area (Å²) >= 11 is 7.64. The fourth-order valence-electron chi connectivity index (χ4n) is 3.25. The minimum absolute atomic E-state index is 0.606. The summed E-state index contributed by atoms with van der Waals surface area (Å²) in [5.74, 6) is 1.59. The maximum atomic E-state index is 6.07. The number of hydrogen-bond donors (Lipinski definition) is 1. The third-order valence-corrected chi connectivity index (χ3v) is 5.62. The lowest BCUT2D eigenvalue weighted by Crippen LogP contribution is -2.30. The number of halogens is 1. The summed E-state index contributed by atoms with van der Waals surface area (Å²) in [4.78, 5) is 10.0. The molecule has 0 aliphatic carbocycles. The predicted octanol–water partition coefficient (Wildman–Crippen LogP) is 5.23. The summed E-state index contributed by atoms with van der Waals surface area (Å²) in [7, 11) is 0. The van der Waals surface area contributed by atoms with Crippen molar-refractivity contribution in [3.8, 4) is 22.1 Å². The summed E-state index contributed by atoms with van der Waals surface area (Å²) in [6.07, 6.45) is 5.49. The van der Waals surface area contributed by atoms with E-state index in [1.54, 1.807) is 17.5 Å². The van der Waals surface area contributed by atoms with Gasteiger partial charge in [0.2, 0.25) is 5.79 Å². The Morgan fingerprint density at radius 1 is 1.25 bits per heavy atom. The molecule has 4 heterocycles. The van der Waals surface area contributed by atoms with E-state index in [0.29, 0.717) is 17.4 Å². The van der Waals surface area contributed by atoms with Crippen molar-refractivity contribution in [2.75, 3.05) is 5.32 Å². The first-order valence-electron chi connectivity index (χ1n) is 8.80. The number of fused-ring (bicyclic) bond motifs is 2. The van der Waals surface area contributed by atoms with E-state index in [9.17, 15) is 0 Å². The highest BCUT2D eigenvalue weighted by Crippen LogP contribution is 2.50. The number of nitrogens with one attached hydrogen (secondary N) is 1. The Kier molecular flexibility index (Phi) is 3.96. The van der Waals surface area contributed by atoms with E-state index in [-0.39, 0.29) is 0 Å². The Labute approximate surface area is 170 Å². The molecule has 8 heteroatoms. The lowest BCUT2D eigenvalue weighted by molar-refractivity contribution is -0.0430. The van der Waals surface area contributed by atoms with Gasteiger partial charge in [-0.25, -0.2) is 9.97 Å². The van der Waals surface area contributed by atoms with Crippen molar-refractivity contribution in [1.82, 2.24) is 14.4 Å². The normalized spacial score (nSPS) is 14.5. The van der Waals surface area contributed by atoms with Gasteiger partial charge in [0.05, 0.1) is 16.8 Å². The van der Waals surface area contributed by atoms with Crippen molar-refractivity contribution in [2.24, 2.45) is 0 Å². The molecule has 0 unspecified atom stereocenters. The van der Waals surface area contributed by atoms with Crippen molar-refractivity contribution >= 4 is 34.4 Å². The number of thiophene rings is 1. The molecule has 0 saturated carbocycles. The van der Waals surface area contributed by atoms with Crippen LogP contribution < -0.4 is 14.8 Å². The van der Waals surface area contributed by atoms with Crippen molar-refractivity contribution in [3.63, 3.8) is 0 Å². The maximum Gasteiger partial charge on any atom is 0.246 e. The summed E-state index contributed by atoms with van der Waals surface area (Å²) in [6, 6.07) is 7.74. The molecule has 1 aliphatic heterocycles. The van der Waals surface area contributed by atoms with Gasteiger partial charge in [-0.05, 0) is 17.7 Å². The van der Waals surface area contributed by atoms with E-state index < -0.39 is 5.79 Å². The molecule has 0 spiro atoms. The zero-order valence-corrected chi connectivity index (χ0v) is 16.8. The van der Waals surface area contributed by atoms with E-state index in [1.807, 2.05) is 60.3 Å². The van der Waals surface area contributed by atoms with Crippen LogP contribution in [0, 0.1) is 0 Å². The quantitative estimate of drug-likeness (QED) is 0.497. The number of rotatable bonds is 4. The molecule has 5 rings (SSSR count). The van der Waals surface area contributed by atoms with Crippen LogP contribution in [-0.2, 0) is 6.54 Å². The molecule has 0 saturated heterocycles. The Hall–Kier alpha value is -2.77. The molecule has 0 amide bonds. The van der Waals surface area contributed by atoms with Gasteiger partial charge in [0, 0.05) is 43.2 Å². The highest BCUT2D eigenvalue weighted by molar-refractivity contribution is 7.14. The number of imidazole rings is 1. The van der Waals surface area contributed by atoms with E-state index >= 15 is 0 Å². The van der Waals surface area contributed by atoms with Crippen LogP contribution in [0.2, 0.25) is 5.02 Å². The van der Waals surface area contributed by atoms with Crippen LogP contribution in [0.15, 0.2) is 48.2 Å². The Balaban J connectivity index is 1.49. The first-order chi connectivity index (χ1) is 13.5. The molecule has 3 aromatic heterocycles. The molecule has 0 radical (unpaired) electrons. The predicted molar refractivity (Wildman–Crippen MR) is 110 cm³/mol. The molecule has 28 heavy (non-hydrogen) atoms. The highest BCUT2D eigenvalue weighted by Gasteiger charge is 2.36. The number of nitrogens with zero attached hydrogens (tertiary/aromatic N) is 3. The lowest BCUT2D eigenvalue weighted by Gasteiger charge is -2.17. The SMILES string of the molecule is CC1(C)Oc2csc(-c3cnc4c(NCc5cccc(Cl)c5)nccn34)c2O1. The number of ether oxygens (including phenoxy) is 2. The van der Waals surface area contributed by atoms with E-state index in [1.165, 1.54) is 0 Å². The maximum absolute atomic E-state index is 6.07. The van der Waals surface area contributed by atoms with Crippen LogP contribution in [0.4, 0.5) is 5.82 Å². The van der Waals surface area contributed by atoms with Gasteiger partial charge in [-0.15, -0.1) is 11.3 Å². The van der Waals surface area contributed by atoms with Crippen molar-refractivity contribution in [3.05, 3.63) is 58.8 Å². The van der Waals surface area contributed by atoms with E-state index in [2.05, 4.69) is 15.3 Å². The molecular weight excluding hydrogens is 396 g/mol. The summed E-state index contributed by atoms with van der Waals surface area (Å²) in [5.41, 5.74) is 2.77. The molecule has 0 atom stereocenters. The van der Waals surface area contributed by atoms with Gasteiger partial charge >= 0.3 is 0 Å². The summed E-state index contributed by atoms with van der Waals surface area (Å²) in [6.45, 7) is 4.41. The van der Waals surface area contributed by atoms with Crippen LogP contribution in [0.25, 0.3) is 16.2 Å². The van der Waals surface area contributed by atoms with Gasteiger partial charge in [-0.3, -0.25) is 4.40 Å². The number of benzene rings is 1. The second-order valence-electron chi connectivity index (χ2n) is 6.96. The highest BCUT2D eigenvalue weighted by atomic mass is 35.5. The number of anilines is 1. The minimum atomic E-state index is -0.654. The van der Waals surface area contributed by atoms with E-state index in [4.69, 9.17) is 21.1 Å². The second kappa shape index (κ2) is 6.39. The molecule has 142 valence electrons. The van der Waals surface area contributed by atoms with Crippen LogP contribution in [0.5, 0.6) is 11.5 Å². The van der Waals surface area contributed by atoms with E-state index in [0.717, 1.165) is 33.3 Å². The molecule has 1 aromatic carbocycles. The summed E-state index contributed by atoms with van der Waals surface area (Å²) < 4.78 is 13.8. The summed E-state index contributed by atoms with van der Waals surface area (Å²) in [5, 5.41) is 6.03. The van der Waals surface area contributed by atoms with Gasteiger partial charge in [0.15, 0.2) is 23.0 Å². The Morgan fingerprint density at radius 3 is 3.00 bits per heavy atom. The van der Waals surface area contributed by atoms with Crippen LogP contribution in [-0.4, -0.2) is 20.2 Å². The Bertz CT molecular complexity index is 1180. The number of aromatic nitrogens is 3. The molecule has 4 aromatic rings. The lowest BCUT2D eigenvalue weighted by atomic mass is 10.2. The largest absolute Gasteiger partial charge is 0.448 e. The third kappa shape index (κ3) is 2.96. The zero-order valence-electron chi connectivity index (χ0n) is 15.3. The molecular formula is C20H17ClN4O2S. The monoisotopic (exact) mass is 412 g/mol. The van der Waals surface area contributed by atoms with Crippen molar-refractivity contribution in [1.29, 1.82) is 0 Å². The molecule has 1 N–H and O–H groups in total. The smallest absolute Gasteiger partial charge is 0.246 e. The van der Waals surface area contributed by atoms with Crippen molar-refractivity contribution in [2.45, 2.75) is 26.2 Å². The average molecular weight is 413 g/mol. The van der Waals surface area contributed by atoms with Gasteiger partial charge in [0.25, 0.3) is 0 Å². The van der Waals surface area contributed by atoms with Crippen LogP contribution in [0.3, 0.4) is 0 Å². The first kappa shape index (κ1) is 17.3. The minimum Gasteiger partial charge on any atom is -0.448 e. The molecule has 0 bridgehead atoms. The van der Waals surface area contributed by atoms with Crippen LogP contribution >= 0.6 is 22.9 Å². The third-order valence-electron chi connectivity index (χ3n) is 4.43.